The largest absolute Gasteiger partial charge is 0.368 e. The zero-order valence-corrected chi connectivity index (χ0v) is 13.5. The van der Waals surface area contributed by atoms with Crippen molar-refractivity contribution in [2.75, 3.05) is 0 Å². The molecule has 0 amide bonds. The first-order chi connectivity index (χ1) is 10.9. The summed E-state index contributed by atoms with van der Waals surface area (Å²) in [7, 11) is 0. The molecule has 3 heterocycles. The predicted molar refractivity (Wildman–Crippen MR) is 82.7 cm³/mol. The Kier molecular flexibility index (Phi) is 4.11. The highest BCUT2D eigenvalue weighted by Crippen LogP contribution is 2.22. The van der Waals surface area contributed by atoms with Crippen LogP contribution in [0.3, 0.4) is 0 Å². The second kappa shape index (κ2) is 5.93. The van der Waals surface area contributed by atoms with Crippen LogP contribution in [-0.2, 0) is 29.1 Å². The fraction of sp³-hybridized carbons (Fsp3) is 0.667. The fourth-order valence-corrected chi connectivity index (χ4v) is 2.57. The van der Waals surface area contributed by atoms with Crippen LogP contribution in [-0.4, -0.2) is 38.1 Å². The van der Waals surface area contributed by atoms with Gasteiger partial charge in [0.25, 0.3) is 0 Å². The van der Waals surface area contributed by atoms with Gasteiger partial charge in [-0.25, -0.2) is 28.1 Å². The highest BCUT2D eigenvalue weighted by atomic mass is 16.6. The fourth-order valence-electron chi connectivity index (χ4n) is 2.57. The van der Waals surface area contributed by atoms with Gasteiger partial charge in [0, 0.05) is 0 Å². The van der Waals surface area contributed by atoms with E-state index in [1.54, 1.807) is 19.1 Å². The second-order valence-corrected chi connectivity index (χ2v) is 6.01. The van der Waals surface area contributed by atoms with Gasteiger partial charge in [-0.05, 0) is 20.8 Å². The molecule has 1 aromatic heterocycles. The van der Waals surface area contributed by atoms with Crippen molar-refractivity contribution in [2.24, 2.45) is 0 Å². The van der Waals surface area contributed by atoms with Crippen LogP contribution in [0.25, 0.3) is 0 Å². The minimum Gasteiger partial charge on any atom is -0.368 e. The average molecular weight is 323 g/mol. The average Bonchev–Trinajstić information content (AvgIpc) is 3.40. The molecule has 0 N–H and O–H groups in total. The molecule has 1 aromatic rings. The van der Waals surface area contributed by atoms with Crippen molar-refractivity contribution in [1.29, 1.82) is 0 Å². The Morgan fingerprint density at radius 1 is 0.870 bits per heavy atom. The summed E-state index contributed by atoms with van der Waals surface area (Å²) in [5, 5.41) is 0. The minimum absolute atomic E-state index is 0.0254. The summed E-state index contributed by atoms with van der Waals surface area (Å²) < 4.78 is 13.8. The Hall–Kier alpha value is -1.93. The van der Waals surface area contributed by atoms with Gasteiger partial charge < -0.3 is 9.47 Å². The number of epoxide rings is 2. The van der Waals surface area contributed by atoms with E-state index >= 15 is 0 Å². The summed E-state index contributed by atoms with van der Waals surface area (Å²) in [6.07, 6.45) is 3.20. The normalized spacial score (nSPS) is 29.2. The van der Waals surface area contributed by atoms with Crippen LogP contribution in [0.5, 0.6) is 0 Å². The quantitative estimate of drug-likeness (QED) is 0.511. The molecule has 2 fully saturated rings. The van der Waals surface area contributed by atoms with Crippen molar-refractivity contribution in [2.45, 2.75) is 64.8 Å². The molecule has 3 rings (SSSR count). The molecule has 0 bridgehead atoms. The summed E-state index contributed by atoms with van der Waals surface area (Å²) in [6.45, 7) is 6.02. The highest BCUT2D eigenvalue weighted by molar-refractivity contribution is 4.90. The Morgan fingerprint density at radius 3 is 1.61 bits per heavy atom. The standard InChI is InChI=1S/C15H21N3O5/c1-4-5-6-16-13(19)17(7-11-9(2)22-11)15(21)18(14(16)20)8-12-10(3)23-12/h4-5,9-12H,6-8H2,1-3H3/b5-4+. The molecular weight excluding hydrogens is 302 g/mol. The van der Waals surface area contributed by atoms with Gasteiger partial charge >= 0.3 is 17.1 Å². The molecular formula is C15H21N3O5. The molecule has 4 unspecified atom stereocenters. The van der Waals surface area contributed by atoms with Crippen molar-refractivity contribution < 1.29 is 9.47 Å². The van der Waals surface area contributed by atoms with Crippen LogP contribution in [0.15, 0.2) is 26.5 Å². The lowest BCUT2D eigenvalue weighted by molar-refractivity contribution is 0.331. The van der Waals surface area contributed by atoms with Gasteiger partial charge in [0.15, 0.2) is 0 Å². The number of hydrogen-bond donors (Lipinski definition) is 0. The first-order valence-electron chi connectivity index (χ1n) is 7.80. The summed E-state index contributed by atoms with van der Waals surface area (Å²) in [6, 6.07) is 0. The molecule has 0 radical (unpaired) electrons. The lowest BCUT2D eigenvalue weighted by Gasteiger charge is -2.11. The topological polar surface area (TPSA) is 91.1 Å². The minimum atomic E-state index is -0.596. The number of nitrogens with zero attached hydrogens (tertiary/aromatic N) is 3. The zero-order valence-electron chi connectivity index (χ0n) is 13.5. The second-order valence-electron chi connectivity index (χ2n) is 6.01. The van der Waals surface area contributed by atoms with Crippen molar-refractivity contribution in [3.63, 3.8) is 0 Å². The van der Waals surface area contributed by atoms with Crippen molar-refractivity contribution in [3.05, 3.63) is 43.6 Å². The molecule has 2 aliphatic rings. The smallest absolute Gasteiger partial charge is 0.336 e. The molecule has 0 spiro atoms. The van der Waals surface area contributed by atoms with Crippen molar-refractivity contribution in [3.8, 4) is 0 Å². The molecule has 8 nitrogen and oxygen atoms in total. The molecule has 0 saturated carbocycles. The molecule has 0 aromatic carbocycles. The Balaban J connectivity index is 2.06. The maximum Gasteiger partial charge on any atom is 0.336 e. The van der Waals surface area contributed by atoms with E-state index in [4.69, 9.17) is 9.47 Å². The number of allylic oxidation sites excluding steroid dienone is 2. The summed E-state index contributed by atoms with van der Waals surface area (Å²) >= 11 is 0. The molecule has 0 aliphatic carbocycles. The molecule has 126 valence electrons. The van der Waals surface area contributed by atoms with Gasteiger partial charge in [0.2, 0.25) is 0 Å². The van der Waals surface area contributed by atoms with E-state index in [1.807, 2.05) is 13.8 Å². The van der Waals surface area contributed by atoms with Gasteiger partial charge in [-0.1, -0.05) is 12.2 Å². The molecule has 23 heavy (non-hydrogen) atoms. The van der Waals surface area contributed by atoms with E-state index in [1.165, 1.54) is 0 Å². The van der Waals surface area contributed by atoms with Crippen LogP contribution in [0, 0.1) is 0 Å². The summed E-state index contributed by atoms with van der Waals surface area (Å²) in [5.41, 5.74) is -1.79. The monoisotopic (exact) mass is 323 g/mol. The van der Waals surface area contributed by atoms with Gasteiger partial charge in [-0.15, -0.1) is 0 Å². The van der Waals surface area contributed by atoms with E-state index in [9.17, 15) is 14.4 Å². The van der Waals surface area contributed by atoms with Gasteiger partial charge in [0.1, 0.15) is 12.2 Å². The van der Waals surface area contributed by atoms with E-state index in [-0.39, 0.29) is 44.1 Å². The third-order valence-electron chi connectivity index (χ3n) is 4.31. The number of aromatic nitrogens is 3. The summed E-state index contributed by atoms with van der Waals surface area (Å²) in [5.74, 6) is 0. The molecule has 2 aliphatic heterocycles. The molecule has 4 atom stereocenters. The van der Waals surface area contributed by atoms with Crippen LogP contribution >= 0.6 is 0 Å². The first kappa shape index (κ1) is 15.9. The predicted octanol–water partition coefficient (Wildman–Crippen LogP) is -0.678. The van der Waals surface area contributed by atoms with Crippen molar-refractivity contribution in [1.82, 2.24) is 13.7 Å². The van der Waals surface area contributed by atoms with Gasteiger partial charge in [0.05, 0.1) is 31.8 Å². The van der Waals surface area contributed by atoms with E-state index < -0.39 is 17.1 Å². The van der Waals surface area contributed by atoms with Gasteiger partial charge in [-0.2, -0.15) is 0 Å². The number of ether oxygens (including phenoxy) is 2. The van der Waals surface area contributed by atoms with Crippen LogP contribution < -0.4 is 17.1 Å². The Bertz CT molecular complexity index is 747. The first-order valence-corrected chi connectivity index (χ1v) is 7.80. The number of rotatable bonds is 6. The summed E-state index contributed by atoms with van der Waals surface area (Å²) in [4.78, 5) is 37.6. The number of hydrogen-bond acceptors (Lipinski definition) is 5. The maximum atomic E-state index is 12.6. The van der Waals surface area contributed by atoms with Crippen LogP contribution in [0.4, 0.5) is 0 Å². The Labute approximate surface area is 132 Å². The van der Waals surface area contributed by atoms with E-state index in [2.05, 4.69) is 0 Å². The van der Waals surface area contributed by atoms with E-state index in [0.29, 0.717) is 0 Å². The van der Waals surface area contributed by atoms with Gasteiger partial charge in [-0.3, -0.25) is 0 Å². The van der Waals surface area contributed by atoms with Crippen LogP contribution in [0.2, 0.25) is 0 Å². The maximum absolute atomic E-state index is 12.6. The third kappa shape index (κ3) is 3.09. The zero-order chi connectivity index (χ0) is 16.7. The highest BCUT2D eigenvalue weighted by Gasteiger charge is 2.38. The van der Waals surface area contributed by atoms with Crippen LogP contribution in [0.1, 0.15) is 20.8 Å². The lowest BCUT2D eigenvalue weighted by Crippen LogP contribution is -2.55. The Morgan fingerprint density at radius 2 is 1.26 bits per heavy atom. The lowest BCUT2D eigenvalue weighted by atomic mass is 10.3. The van der Waals surface area contributed by atoms with E-state index in [0.717, 1.165) is 13.7 Å². The van der Waals surface area contributed by atoms with Crippen molar-refractivity contribution >= 4 is 0 Å². The third-order valence-corrected chi connectivity index (χ3v) is 4.31. The SMILES string of the molecule is C/C=C/Cn1c(=O)n(CC2OC2C)c(=O)n(CC2OC2C)c1=O. The molecule has 8 heteroatoms. The molecule has 2 saturated heterocycles.